The molecule has 0 amide bonds. The van der Waals surface area contributed by atoms with E-state index < -0.39 is 0 Å². The number of anilines is 1. The van der Waals surface area contributed by atoms with Crippen molar-refractivity contribution in [2.45, 2.75) is 6.42 Å². The second kappa shape index (κ2) is 7.62. The average Bonchev–Trinajstić information content (AvgIpc) is 2.98. The van der Waals surface area contributed by atoms with Gasteiger partial charge in [-0.1, -0.05) is 23.5 Å². The Morgan fingerprint density at radius 2 is 1.95 bits per heavy atom. The number of morpholine rings is 1. The van der Waals surface area contributed by atoms with Gasteiger partial charge in [0.25, 0.3) is 0 Å². The molecule has 0 atom stereocenters. The molecule has 0 bridgehead atoms. The molecule has 22 heavy (non-hydrogen) atoms. The Hall–Kier alpha value is -1.57. The molecule has 2 heterocycles. The number of hydrogen-bond donors (Lipinski definition) is 1. The summed E-state index contributed by atoms with van der Waals surface area (Å²) in [4.78, 5) is 2.37. The molecule has 1 aromatic carbocycles. The Kier molecular flexibility index (Phi) is 5.31. The van der Waals surface area contributed by atoms with Crippen molar-refractivity contribution < 1.29 is 9.13 Å². The van der Waals surface area contributed by atoms with Crippen LogP contribution < -0.4 is 5.32 Å². The lowest BCUT2D eigenvalue weighted by atomic mass is 10.2. The summed E-state index contributed by atoms with van der Waals surface area (Å²) in [6, 6.07) is 6.50. The maximum atomic E-state index is 12.9. The molecule has 3 rings (SSSR count). The lowest BCUT2D eigenvalue weighted by molar-refractivity contribution is 0.0398. The molecule has 0 saturated carbocycles. The number of ether oxygens (including phenoxy) is 1. The van der Waals surface area contributed by atoms with E-state index in [1.54, 1.807) is 23.5 Å². The van der Waals surface area contributed by atoms with Crippen molar-refractivity contribution in [3.63, 3.8) is 0 Å². The van der Waals surface area contributed by atoms with Crippen molar-refractivity contribution in [1.29, 1.82) is 0 Å². The van der Waals surface area contributed by atoms with Crippen LogP contribution in [0.25, 0.3) is 0 Å². The topological polar surface area (TPSA) is 50.3 Å². The number of halogens is 1. The fraction of sp³-hybridized carbons (Fsp3) is 0.467. The molecule has 0 aliphatic carbocycles. The standard InChI is InChI=1S/C15H19FN4OS/c16-13-3-1-12(2-4-13)11-14-18-19-15(22-14)17-5-6-20-7-9-21-10-8-20/h1-4H,5-11H2,(H,17,19). The fourth-order valence-electron chi connectivity index (χ4n) is 2.32. The van der Waals surface area contributed by atoms with E-state index in [-0.39, 0.29) is 5.82 Å². The molecule has 1 fully saturated rings. The minimum absolute atomic E-state index is 0.216. The van der Waals surface area contributed by atoms with Crippen LogP contribution in [-0.2, 0) is 11.2 Å². The molecule has 0 unspecified atom stereocenters. The second-order valence-electron chi connectivity index (χ2n) is 5.18. The molecule has 1 saturated heterocycles. The molecule has 1 aliphatic rings. The summed E-state index contributed by atoms with van der Waals surface area (Å²) in [6.07, 6.45) is 0.684. The quantitative estimate of drug-likeness (QED) is 0.882. The maximum Gasteiger partial charge on any atom is 0.205 e. The molecular formula is C15H19FN4OS. The number of nitrogens with zero attached hydrogens (tertiary/aromatic N) is 3. The van der Waals surface area contributed by atoms with Crippen LogP contribution >= 0.6 is 11.3 Å². The third kappa shape index (κ3) is 4.46. The zero-order valence-corrected chi connectivity index (χ0v) is 13.1. The van der Waals surface area contributed by atoms with Gasteiger partial charge in [-0.2, -0.15) is 0 Å². The van der Waals surface area contributed by atoms with Crippen LogP contribution in [-0.4, -0.2) is 54.5 Å². The molecule has 1 aliphatic heterocycles. The average molecular weight is 322 g/mol. The van der Waals surface area contributed by atoms with Gasteiger partial charge in [0.05, 0.1) is 13.2 Å². The molecule has 0 spiro atoms. The highest BCUT2D eigenvalue weighted by Gasteiger charge is 2.10. The van der Waals surface area contributed by atoms with Gasteiger partial charge >= 0.3 is 0 Å². The first-order valence-electron chi connectivity index (χ1n) is 7.40. The highest BCUT2D eigenvalue weighted by atomic mass is 32.1. The lowest BCUT2D eigenvalue weighted by Crippen LogP contribution is -2.38. The largest absolute Gasteiger partial charge is 0.379 e. The Labute approximate surface area is 133 Å². The third-order valence-electron chi connectivity index (χ3n) is 3.54. The summed E-state index contributed by atoms with van der Waals surface area (Å²) in [5.41, 5.74) is 1.04. The summed E-state index contributed by atoms with van der Waals surface area (Å²) in [5, 5.41) is 13.4. The van der Waals surface area contributed by atoms with Crippen molar-refractivity contribution in [3.05, 3.63) is 40.7 Å². The molecule has 7 heteroatoms. The van der Waals surface area contributed by atoms with E-state index in [1.807, 2.05) is 0 Å². The van der Waals surface area contributed by atoms with Crippen LogP contribution in [0, 0.1) is 5.82 Å². The van der Waals surface area contributed by atoms with Gasteiger partial charge in [-0.3, -0.25) is 4.90 Å². The van der Waals surface area contributed by atoms with Gasteiger partial charge in [-0.15, -0.1) is 10.2 Å². The van der Waals surface area contributed by atoms with Gasteiger partial charge in [-0.25, -0.2) is 4.39 Å². The monoisotopic (exact) mass is 322 g/mol. The molecular weight excluding hydrogens is 303 g/mol. The first kappa shape index (κ1) is 15.3. The summed E-state index contributed by atoms with van der Waals surface area (Å²) in [6.45, 7) is 5.46. The predicted octanol–water partition coefficient (Wildman–Crippen LogP) is 2.01. The summed E-state index contributed by atoms with van der Waals surface area (Å²) >= 11 is 1.55. The first-order chi connectivity index (χ1) is 10.8. The zero-order chi connectivity index (χ0) is 15.2. The minimum atomic E-state index is -0.216. The molecule has 1 aromatic heterocycles. The number of hydrogen-bond acceptors (Lipinski definition) is 6. The molecule has 5 nitrogen and oxygen atoms in total. The normalized spacial score (nSPS) is 15.9. The summed E-state index contributed by atoms with van der Waals surface area (Å²) < 4.78 is 18.2. The highest BCUT2D eigenvalue weighted by Crippen LogP contribution is 2.18. The van der Waals surface area contributed by atoms with Gasteiger partial charge in [0.15, 0.2) is 0 Å². The van der Waals surface area contributed by atoms with E-state index in [9.17, 15) is 4.39 Å². The summed E-state index contributed by atoms with van der Waals surface area (Å²) in [7, 11) is 0. The van der Waals surface area contributed by atoms with Crippen LogP contribution in [0.3, 0.4) is 0 Å². The first-order valence-corrected chi connectivity index (χ1v) is 8.22. The molecule has 118 valence electrons. The molecule has 0 radical (unpaired) electrons. The van der Waals surface area contributed by atoms with Gasteiger partial charge in [0, 0.05) is 32.6 Å². The zero-order valence-electron chi connectivity index (χ0n) is 12.3. The Bertz CT molecular complexity index is 583. The van der Waals surface area contributed by atoms with Crippen LogP contribution in [0.1, 0.15) is 10.6 Å². The minimum Gasteiger partial charge on any atom is -0.379 e. The number of rotatable bonds is 6. The Balaban J connectivity index is 1.45. The molecule has 1 N–H and O–H groups in total. The predicted molar refractivity (Wildman–Crippen MR) is 84.9 cm³/mol. The number of aromatic nitrogens is 2. The van der Waals surface area contributed by atoms with Crippen LogP contribution in [0.2, 0.25) is 0 Å². The van der Waals surface area contributed by atoms with Crippen molar-refractivity contribution in [1.82, 2.24) is 15.1 Å². The second-order valence-corrected chi connectivity index (χ2v) is 6.25. The van der Waals surface area contributed by atoms with Crippen LogP contribution in [0.5, 0.6) is 0 Å². The summed E-state index contributed by atoms with van der Waals surface area (Å²) in [5.74, 6) is -0.216. The van der Waals surface area contributed by atoms with Gasteiger partial charge in [0.2, 0.25) is 5.13 Å². The van der Waals surface area contributed by atoms with Crippen molar-refractivity contribution >= 4 is 16.5 Å². The van der Waals surface area contributed by atoms with E-state index in [0.29, 0.717) is 6.42 Å². The van der Waals surface area contributed by atoms with E-state index in [4.69, 9.17) is 4.74 Å². The van der Waals surface area contributed by atoms with Gasteiger partial charge < -0.3 is 10.1 Å². The number of nitrogens with one attached hydrogen (secondary N) is 1. The Morgan fingerprint density at radius 3 is 2.73 bits per heavy atom. The van der Waals surface area contributed by atoms with Gasteiger partial charge in [0.1, 0.15) is 10.8 Å². The van der Waals surface area contributed by atoms with E-state index in [1.165, 1.54) is 12.1 Å². The lowest BCUT2D eigenvalue weighted by Gasteiger charge is -2.26. The van der Waals surface area contributed by atoms with Crippen molar-refractivity contribution in [2.24, 2.45) is 0 Å². The van der Waals surface area contributed by atoms with Crippen LogP contribution in [0.15, 0.2) is 24.3 Å². The fourth-order valence-corrected chi connectivity index (χ4v) is 3.12. The van der Waals surface area contributed by atoms with Crippen molar-refractivity contribution in [3.8, 4) is 0 Å². The number of benzene rings is 1. The molecule has 2 aromatic rings. The van der Waals surface area contributed by atoms with E-state index in [0.717, 1.165) is 55.1 Å². The Morgan fingerprint density at radius 1 is 1.18 bits per heavy atom. The van der Waals surface area contributed by atoms with E-state index in [2.05, 4.69) is 20.4 Å². The van der Waals surface area contributed by atoms with Gasteiger partial charge in [-0.05, 0) is 17.7 Å². The third-order valence-corrected chi connectivity index (χ3v) is 4.42. The van der Waals surface area contributed by atoms with E-state index >= 15 is 0 Å². The maximum absolute atomic E-state index is 12.9. The van der Waals surface area contributed by atoms with Crippen molar-refractivity contribution in [2.75, 3.05) is 44.7 Å². The highest BCUT2D eigenvalue weighted by molar-refractivity contribution is 7.15. The van der Waals surface area contributed by atoms with Crippen LogP contribution in [0.4, 0.5) is 9.52 Å². The smallest absolute Gasteiger partial charge is 0.205 e. The SMILES string of the molecule is Fc1ccc(Cc2nnc(NCCN3CCOCC3)s2)cc1.